The molecule has 0 bridgehead atoms. The Balaban J connectivity index is 2.00. The fraction of sp³-hybridized carbons (Fsp3) is 0.643. The monoisotopic (exact) mass is 280 g/mol. The van der Waals surface area contributed by atoms with Gasteiger partial charge in [-0.2, -0.15) is 4.98 Å². The molecule has 0 saturated carbocycles. The highest BCUT2D eigenvalue weighted by molar-refractivity contribution is 5.63. The average Bonchev–Trinajstić information content (AvgIpc) is 2.39. The zero-order chi connectivity index (χ0) is 14.8. The Hall–Kier alpha value is -1.53. The van der Waals surface area contributed by atoms with E-state index in [4.69, 9.17) is 10.5 Å². The van der Waals surface area contributed by atoms with Gasteiger partial charge in [0.15, 0.2) is 5.82 Å². The van der Waals surface area contributed by atoms with Crippen molar-refractivity contribution in [3.05, 3.63) is 12.1 Å². The van der Waals surface area contributed by atoms with E-state index in [0.717, 1.165) is 32.0 Å². The summed E-state index contributed by atoms with van der Waals surface area (Å²) < 4.78 is 5.15. The zero-order valence-electron chi connectivity index (χ0n) is 12.5. The molecule has 0 aliphatic carbocycles. The molecule has 2 heterocycles. The van der Waals surface area contributed by atoms with Crippen molar-refractivity contribution in [2.45, 2.75) is 19.4 Å². The van der Waals surface area contributed by atoms with E-state index in [9.17, 15) is 5.11 Å². The van der Waals surface area contributed by atoms with Crippen LogP contribution in [0.5, 0.6) is 5.88 Å². The normalized spacial score (nSPS) is 17.3. The van der Waals surface area contributed by atoms with Crippen LogP contribution in [0.1, 0.15) is 13.8 Å². The van der Waals surface area contributed by atoms with E-state index in [1.54, 1.807) is 13.2 Å². The first-order valence-corrected chi connectivity index (χ1v) is 6.89. The highest BCUT2D eigenvalue weighted by Crippen LogP contribution is 2.25. The maximum atomic E-state index is 9.86. The second-order valence-corrected chi connectivity index (χ2v) is 5.84. The van der Waals surface area contributed by atoms with Gasteiger partial charge in [0, 0.05) is 38.8 Å². The number of rotatable bonds is 4. The van der Waals surface area contributed by atoms with Gasteiger partial charge in [-0.05, 0) is 19.9 Å². The van der Waals surface area contributed by atoms with Crippen molar-refractivity contribution in [3.8, 4) is 5.88 Å². The summed E-state index contributed by atoms with van der Waals surface area (Å²) in [5, 5.41) is 9.86. The summed E-state index contributed by atoms with van der Waals surface area (Å²) >= 11 is 0. The smallest absolute Gasteiger partial charge is 0.215 e. The second kappa shape index (κ2) is 5.85. The molecule has 0 unspecified atom stereocenters. The maximum Gasteiger partial charge on any atom is 0.215 e. The van der Waals surface area contributed by atoms with Crippen LogP contribution in [0.15, 0.2) is 12.1 Å². The van der Waals surface area contributed by atoms with Gasteiger partial charge in [-0.3, -0.25) is 4.90 Å². The summed E-state index contributed by atoms with van der Waals surface area (Å²) in [6.45, 7) is 7.83. The molecule has 1 saturated heterocycles. The molecule has 0 amide bonds. The number of nitrogens with zero attached hydrogens (tertiary/aromatic N) is 3. The van der Waals surface area contributed by atoms with Crippen LogP contribution in [0.25, 0.3) is 0 Å². The minimum Gasteiger partial charge on any atom is -0.481 e. The third-order valence-corrected chi connectivity index (χ3v) is 3.37. The lowest BCUT2D eigenvalue weighted by molar-refractivity contribution is 0.0345. The Morgan fingerprint density at radius 3 is 2.50 bits per heavy atom. The molecule has 6 heteroatoms. The van der Waals surface area contributed by atoms with Crippen LogP contribution < -0.4 is 15.4 Å². The van der Waals surface area contributed by atoms with E-state index in [1.807, 2.05) is 19.9 Å². The van der Waals surface area contributed by atoms with Crippen LogP contribution in [-0.4, -0.2) is 60.4 Å². The fourth-order valence-corrected chi connectivity index (χ4v) is 2.47. The minimum absolute atomic E-state index is 0.577. The van der Waals surface area contributed by atoms with E-state index in [-0.39, 0.29) is 0 Å². The molecule has 1 aromatic heterocycles. The molecule has 112 valence electrons. The van der Waals surface area contributed by atoms with Crippen molar-refractivity contribution < 1.29 is 9.84 Å². The molecule has 1 aliphatic heterocycles. The summed E-state index contributed by atoms with van der Waals surface area (Å²) in [6, 6.07) is 3.59. The highest BCUT2D eigenvalue weighted by atomic mass is 16.5. The van der Waals surface area contributed by atoms with Crippen molar-refractivity contribution in [2.75, 3.05) is 50.5 Å². The van der Waals surface area contributed by atoms with E-state index >= 15 is 0 Å². The number of ether oxygens (including phenoxy) is 1. The maximum absolute atomic E-state index is 9.86. The lowest BCUT2D eigenvalue weighted by Gasteiger charge is -2.38. The van der Waals surface area contributed by atoms with Crippen LogP contribution >= 0.6 is 0 Å². The minimum atomic E-state index is -0.657. The van der Waals surface area contributed by atoms with Gasteiger partial charge < -0.3 is 20.5 Å². The van der Waals surface area contributed by atoms with Gasteiger partial charge in [0.1, 0.15) is 0 Å². The van der Waals surface area contributed by atoms with Crippen LogP contribution in [0.2, 0.25) is 0 Å². The molecule has 1 fully saturated rings. The predicted molar refractivity (Wildman–Crippen MR) is 80.2 cm³/mol. The third-order valence-electron chi connectivity index (χ3n) is 3.37. The number of β-amino-alcohol motifs (C(OH)–C–C–N with tert-alkyl or cyclic N) is 1. The molecule has 3 N–H and O–H groups in total. The number of nitrogens with two attached hydrogens (primary N) is 1. The number of hydrogen-bond acceptors (Lipinski definition) is 6. The molecular formula is C14H24N4O2. The Bertz CT molecular complexity index is 451. The van der Waals surface area contributed by atoms with Gasteiger partial charge in [0.2, 0.25) is 5.88 Å². The number of aromatic nitrogens is 1. The Labute approximate surface area is 120 Å². The Morgan fingerprint density at radius 1 is 1.30 bits per heavy atom. The van der Waals surface area contributed by atoms with Gasteiger partial charge in [0.05, 0.1) is 18.4 Å². The van der Waals surface area contributed by atoms with Gasteiger partial charge in [-0.25, -0.2) is 0 Å². The number of piperazine rings is 1. The average molecular weight is 280 g/mol. The Morgan fingerprint density at radius 2 is 1.95 bits per heavy atom. The molecule has 0 radical (unpaired) electrons. The lowest BCUT2D eigenvalue weighted by atomic mass is 10.1. The van der Waals surface area contributed by atoms with E-state index in [0.29, 0.717) is 18.1 Å². The van der Waals surface area contributed by atoms with Crippen LogP contribution in [0.3, 0.4) is 0 Å². The number of pyridine rings is 1. The van der Waals surface area contributed by atoms with E-state index in [1.165, 1.54) is 0 Å². The number of methoxy groups -OCH3 is 1. The first-order chi connectivity index (χ1) is 9.39. The summed E-state index contributed by atoms with van der Waals surface area (Å²) in [5.74, 6) is 1.36. The second-order valence-electron chi connectivity index (χ2n) is 5.84. The van der Waals surface area contributed by atoms with Gasteiger partial charge in [-0.15, -0.1) is 0 Å². The fourth-order valence-electron chi connectivity index (χ4n) is 2.47. The number of anilines is 2. The molecule has 6 nitrogen and oxygen atoms in total. The van der Waals surface area contributed by atoms with Crippen LogP contribution in [0.4, 0.5) is 11.5 Å². The molecule has 1 aromatic rings. The summed E-state index contributed by atoms with van der Waals surface area (Å²) in [4.78, 5) is 8.85. The summed E-state index contributed by atoms with van der Waals surface area (Å²) in [7, 11) is 1.60. The number of hydrogen-bond donors (Lipinski definition) is 2. The molecule has 20 heavy (non-hydrogen) atoms. The lowest BCUT2D eigenvalue weighted by Crippen LogP contribution is -2.50. The predicted octanol–water partition coefficient (Wildman–Crippen LogP) is 0.565. The van der Waals surface area contributed by atoms with Crippen molar-refractivity contribution >= 4 is 11.5 Å². The van der Waals surface area contributed by atoms with Crippen molar-refractivity contribution in [2.24, 2.45) is 0 Å². The van der Waals surface area contributed by atoms with Crippen molar-refractivity contribution in [1.82, 2.24) is 9.88 Å². The van der Waals surface area contributed by atoms with Gasteiger partial charge >= 0.3 is 0 Å². The largest absolute Gasteiger partial charge is 0.481 e. The SMILES string of the molecule is COc1ccc(N)c(N2CCN(CC(C)(C)O)CC2)n1. The van der Waals surface area contributed by atoms with Gasteiger partial charge in [0.25, 0.3) is 0 Å². The highest BCUT2D eigenvalue weighted by Gasteiger charge is 2.24. The molecule has 0 spiro atoms. The quantitative estimate of drug-likeness (QED) is 0.839. The molecule has 1 aliphatic rings. The molecule has 0 atom stereocenters. The summed E-state index contributed by atoms with van der Waals surface area (Å²) in [5.41, 5.74) is 6.01. The number of nitrogen functional groups attached to an aromatic ring is 1. The zero-order valence-corrected chi connectivity index (χ0v) is 12.5. The van der Waals surface area contributed by atoms with E-state index < -0.39 is 5.60 Å². The topological polar surface area (TPSA) is 74.9 Å². The first kappa shape index (κ1) is 14.9. The van der Waals surface area contributed by atoms with Gasteiger partial charge in [-0.1, -0.05) is 0 Å². The molecular weight excluding hydrogens is 256 g/mol. The Kier molecular flexibility index (Phi) is 4.35. The third kappa shape index (κ3) is 3.74. The summed E-state index contributed by atoms with van der Waals surface area (Å²) in [6.07, 6.45) is 0. The van der Waals surface area contributed by atoms with Crippen molar-refractivity contribution in [3.63, 3.8) is 0 Å². The van der Waals surface area contributed by atoms with Crippen LogP contribution in [0, 0.1) is 0 Å². The first-order valence-electron chi connectivity index (χ1n) is 6.89. The standard InChI is InChI=1S/C14H24N4O2/c1-14(2,19)10-17-6-8-18(9-7-17)13-11(15)4-5-12(16-13)20-3/h4-5,19H,6-10,15H2,1-3H3. The number of aliphatic hydroxyl groups is 1. The van der Waals surface area contributed by atoms with E-state index in [2.05, 4.69) is 14.8 Å². The molecule has 0 aromatic carbocycles. The molecule has 2 rings (SSSR count). The van der Waals surface area contributed by atoms with Crippen molar-refractivity contribution in [1.29, 1.82) is 0 Å². The van der Waals surface area contributed by atoms with Crippen LogP contribution in [-0.2, 0) is 0 Å².